The molecule has 1 saturated heterocycles. The van der Waals surface area contributed by atoms with E-state index in [9.17, 15) is 13.2 Å². The van der Waals surface area contributed by atoms with Crippen LogP contribution in [0.4, 0.5) is 5.13 Å². The number of carbonyl (C=O) groups is 1. The van der Waals surface area contributed by atoms with Gasteiger partial charge in [-0.25, -0.2) is 8.42 Å². The van der Waals surface area contributed by atoms with E-state index in [2.05, 4.69) is 15.5 Å². The molecule has 0 bridgehead atoms. The van der Waals surface area contributed by atoms with Gasteiger partial charge in [0.15, 0.2) is 0 Å². The summed E-state index contributed by atoms with van der Waals surface area (Å²) in [6.45, 7) is 5.54. The zero-order valence-electron chi connectivity index (χ0n) is 11.4. The number of amides is 1. The largest absolute Gasteiger partial charge is 0.375 e. The molecular formula is C10H16N4O4S2. The molecule has 1 N–H and O–H groups in total. The lowest BCUT2D eigenvalue weighted by atomic mass is 10.2. The van der Waals surface area contributed by atoms with Crippen LogP contribution in [0.1, 0.15) is 20.8 Å². The van der Waals surface area contributed by atoms with E-state index in [1.807, 2.05) is 6.92 Å². The van der Waals surface area contributed by atoms with Crippen LogP contribution < -0.4 is 5.32 Å². The Bertz CT molecular complexity index is 600. The molecule has 10 heteroatoms. The summed E-state index contributed by atoms with van der Waals surface area (Å²) in [6, 6.07) is -0.260. The highest BCUT2D eigenvalue weighted by atomic mass is 32.2. The zero-order chi connectivity index (χ0) is 14.9. The van der Waals surface area contributed by atoms with E-state index in [0.717, 1.165) is 11.3 Å². The third kappa shape index (κ3) is 3.14. The van der Waals surface area contributed by atoms with Crippen molar-refractivity contribution in [2.75, 3.05) is 18.5 Å². The van der Waals surface area contributed by atoms with Crippen LogP contribution in [-0.2, 0) is 19.6 Å². The van der Waals surface area contributed by atoms with Crippen molar-refractivity contribution >= 4 is 32.4 Å². The number of carbonyl (C=O) groups excluding carboxylic acids is 1. The predicted octanol–water partition coefficient (Wildman–Crippen LogP) is 0.294. The Morgan fingerprint density at radius 1 is 1.45 bits per heavy atom. The Kier molecular flexibility index (Phi) is 4.37. The Balaban J connectivity index is 2.25. The third-order valence-electron chi connectivity index (χ3n) is 2.77. The maximum atomic E-state index is 12.5. The molecule has 0 radical (unpaired) electrons. The van der Waals surface area contributed by atoms with Gasteiger partial charge in [-0.15, -0.1) is 10.2 Å². The molecule has 1 fully saturated rings. The number of nitrogens with one attached hydrogen (secondary N) is 1. The minimum absolute atomic E-state index is 0.123. The molecule has 0 saturated carbocycles. The molecule has 8 nitrogen and oxygen atoms in total. The van der Waals surface area contributed by atoms with Crippen molar-refractivity contribution in [1.82, 2.24) is 14.5 Å². The highest BCUT2D eigenvalue weighted by Gasteiger charge is 2.36. The average Bonchev–Trinajstić information content (AvgIpc) is 2.80. The van der Waals surface area contributed by atoms with Crippen molar-refractivity contribution in [3.8, 4) is 0 Å². The molecule has 2 atom stereocenters. The van der Waals surface area contributed by atoms with Crippen LogP contribution in [0.15, 0.2) is 4.34 Å². The normalized spacial score (nSPS) is 24.6. The summed E-state index contributed by atoms with van der Waals surface area (Å²) in [4.78, 5) is 10.9. The first-order valence-electron chi connectivity index (χ1n) is 6.05. The van der Waals surface area contributed by atoms with Gasteiger partial charge in [-0.05, 0) is 13.8 Å². The highest BCUT2D eigenvalue weighted by Crippen LogP contribution is 2.26. The van der Waals surface area contributed by atoms with E-state index in [1.165, 1.54) is 11.2 Å². The number of nitrogens with zero attached hydrogens (tertiary/aromatic N) is 3. The van der Waals surface area contributed by atoms with Gasteiger partial charge in [0.25, 0.3) is 10.0 Å². The van der Waals surface area contributed by atoms with Crippen molar-refractivity contribution in [2.24, 2.45) is 0 Å². The molecule has 1 aliphatic heterocycles. The van der Waals surface area contributed by atoms with Gasteiger partial charge >= 0.3 is 0 Å². The van der Waals surface area contributed by atoms with Crippen LogP contribution >= 0.6 is 11.3 Å². The van der Waals surface area contributed by atoms with Gasteiger partial charge in [0, 0.05) is 19.5 Å². The van der Waals surface area contributed by atoms with Crippen LogP contribution in [0.25, 0.3) is 0 Å². The molecule has 20 heavy (non-hydrogen) atoms. The number of morpholine rings is 1. The van der Waals surface area contributed by atoms with E-state index in [4.69, 9.17) is 4.74 Å². The van der Waals surface area contributed by atoms with Crippen molar-refractivity contribution in [3.63, 3.8) is 0 Å². The van der Waals surface area contributed by atoms with E-state index in [1.54, 1.807) is 6.92 Å². The summed E-state index contributed by atoms with van der Waals surface area (Å²) >= 11 is 0.840. The molecule has 1 amide bonds. The first-order valence-corrected chi connectivity index (χ1v) is 8.31. The second kappa shape index (κ2) is 5.72. The summed E-state index contributed by atoms with van der Waals surface area (Å²) in [5.41, 5.74) is 0. The Labute approximate surface area is 121 Å². The molecule has 1 aromatic heterocycles. The first kappa shape index (κ1) is 15.3. The molecule has 112 valence electrons. The number of hydrogen-bond acceptors (Lipinski definition) is 7. The predicted molar refractivity (Wildman–Crippen MR) is 73.0 cm³/mol. The fourth-order valence-corrected chi connectivity index (χ4v) is 4.58. The van der Waals surface area contributed by atoms with Gasteiger partial charge in [-0.3, -0.25) is 4.79 Å². The van der Waals surface area contributed by atoms with E-state index < -0.39 is 10.0 Å². The van der Waals surface area contributed by atoms with Crippen LogP contribution in [0, 0.1) is 0 Å². The summed E-state index contributed by atoms with van der Waals surface area (Å²) in [6.07, 6.45) is -0.163. The molecule has 0 aliphatic carbocycles. The summed E-state index contributed by atoms with van der Waals surface area (Å²) in [5.74, 6) is -0.321. The van der Waals surface area contributed by atoms with Crippen molar-refractivity contribution in [3.05, 3.63) is 0 Å². The fraction of sp³-hybridized carbons (Fsp3) is 0.700. The van der Waals surface area contributed by atoms with E-state index in [-0.39, 0.29) is 34.1 Å². The Morgan fingerprint density at radius 2 is 2.15 bits per heavy atom. The van der Waals surface area contributed by atoms with E-state index in [0.29, 0.717) is 6.61 Å². The molecule has 0 aromatic carbocycles. The van der Waals surface area contributed by atoms with Gasteiger partial charge in [0.2, 0.25) is 15.4 Å². The number of hydrogen-bond donors (Lipinski definition) is 1. The summed E-state index contributed by atoms with van der Waals surface area (Å²) < 4.78 is 31.7. The van der Waals surface area contributed by atoms with Gasteiger partial charge in [-0.1, -0.05) is 11.3 Å². The maximum absolute atomic E-state index is 12.5. The molecule has 1 aliphatic rings. The van der Waals surface area contributed by atoms with E-state index >= 15 is 0 Å². The number of aromatic nitrogens is 2. The zero-order valence-corrected chi connectivity index (χ0v) is 13.0. The smallest absolute Gasteiger partial charge is 0.272 e. The number of sulfonamides is 1. The van der Waals surface area contributed by atoms with Crippen molar-refractivity contribution < 1.29 is 17.9 Å². The molecular weight excluding hydrogens is 304 g/mol. The first-order chi connectivity index (χ1) is 9.30. The standard InChI is InChI=1S/C10H16N4O4S2/c1-6-5-18-7(2)4-14(6)20(16,17)10-13-12-9(19-10)11-8(3)15/h6-7H,4-5H2,1-3H3,(H,11,12,15). The highest BCUT2D eigenvalue weighted by molar-refractivity contribution is 7.91. The summed E-state index contributed by atoms with van der Waals surface area (Å²) in [7, 11) is -3.71. The monoisotopic (exact) mass is 320 g/mol. The van der Waals surface area contributed by atoms with Gasteiger partial charge in [0.05, 0.1) is 12.7 Å². The quantitative estimate of drug-likeness (QED) is 0.804. The minimum Gasteiger partial charge on any atom is -0.375 e. The number of rotatable bonds is 3. The SMILES string of the molecule is CC(=O)Nc1nnc(S(=O)(=O)N2CC(C)OCC2C)s1. The molecule has 2 unspecified atom stereocenters. The lowest BCUT2D eigenvalue weighted by Crippen LogP contribution is -2.50. The van der Waals surface area contributed by atoms with Gasteiger partial charge in [0.1, 0.15) is 0 Å². The summed E-state index contributed by atoms with van der Waals surface area (Å²) in [5, 5.41) is 9.91. The van der Waals surface area contributed by atoms with Gasteiger partial charge in [-0.2, -0.15) is 4.31 Å². The van der Waals surface area contributed by atoms with Gasteiger partial charge < -0.3 is 10.1 Å². The number of ether oxygens (including phenoxy) is 1. The molecule has 2 rings (SSSR count). The van der Waals surface area contributed by atoms with Crippen molar-refractivity contribution in [1.29, 1.82) is 0 Å². The van der Waals surface area contributed by atoms with Crippen LogP contribution in [0.2, 0.25) is 0 Å². The third-order valence-corrected chi connectivity index (χ3v) is 5.93. The lowest BCUT2D eigenvalue weighted by molar-refractivity contribution is -0.114. The van der Waals surface area contributed by atoms with Crippen molar-refractivity contribution in [2.45, 2.75) is 37.3 Å². The molecule has 2 heterocycles. The molecule has 1 aromatic rings. The average molecular weight is 320 g/mol. The Hall–Kier alpha value is -1.10. The minimum atomic E-state index is -3.71. The fourth-order valence-electron chi connectivity index (χ4n) is 1.82. The second-order valence-electron chi connectivity index (χ2n) is 4.62. The Morgan fingerprint density at radius 3 is 2.80 bits per heavy atom. The lowest BCUT2D eigenvalue weighted by Gasteiger charge is -2.34. The van der Waals surface area contributed by atoms with Crippen LogP contribution in [0.3, 0.4) is 0 Å². The second-order valence-corrected chi connectivity index (χ2v) is 7.66. The topological polar surface area (TPSA) is 101 Å². The number of anilines is 1. The van der Waals surface area contributed by atoms with Crippen LogP contribution in [0.5, 0.6) is 0 Å². The molecule has 0 spiro atoms. The van der Waals surface area contributed by atoms with Crippen LogP contribution in [-0.4, -0.2) is 54.1 Å². The maximum Gasteiger partial charge on any atom is 0.272 e.